The normalized spacial score (nSPS) is 21.5. The summed E-state index contributed by atoms with van der Waals surface area (Å²) >= 11 is 0. The molecule has 2 amide bonds. The number of hydrogen-bond donors (Lipinski definition) is 1. The molecule has 1 aromatic rings. The Morgan fingerprint density at radius 3 is 2.58 bits per heavy atom. The molecule has 1 N–H and O–H groups in total. The van der Waals surface area contributed by atoms with Gasteiger partial charge in [-0.2, -0.15) is 0 Å². The summed E-state index contributed by atoms with van der Waals surface area (Å²) in [4.78, 5) is 35.8. The van der Waals surface area contributed by atoms with E-state index in [1.54, 1.807) is 24.3 Å². The first-order chi connectivity index (χ1) is 12.3. The maximum absolute atomic E-state index is 12.4. The summed E-state index contributed by atoms with van der Waals surface area (Å²) in [5.41, 5.74) is 2.27. The van der Waals surface area contributed by atoms with E-state index >= 15 is 0 Å². The number of ether oxygens (including phenoxy) is 1. The fraction of sp³-hybridized carbons (Fsp3) is 0.286. The molecule has 1 aliphatic heterocycles. The Morgan fingerprint density at radius 1 is 1.23 bits per heavy atom. The maximum atomic E-state index is 12.4. The van der Waals surface area contributed by atoms with Crippen LogP contribution in [0.15, 0.2) is 53.8 Å². The van der Waals surface area contributed by atoms with Crippen LogP contribution in [0.2, 0.25) is 0 Å². The van der Waals surface area contributed by atoms with Crippen LogP contribution < -0.4 is 10.1 Å². The summed E-state index contributed by atoms with van der Waals surface area (Å²) in [6.07, 6.45) is 4.12. The van der Waals surface area contributed by atoms with Crippen molar-refractivity contribution in [1.29, 1.82) is 0 Å². The van der Waals surface area contributed by atoms with Crippen LogP contribution in [0.25, 0.3) is 0 Å². The Hall–Kier alpha value is -2.95. The summed E-state index contributed by atoms with van der Waals surface area (Å²) < 4.78 is 5.90. The van der Waals surface area contributed by atoms with Crippen LogP contribution >= 0.6 is 0 Å². The van der Waals surface area contributed by atoms with Gasteiger partial charge in [-0.25, -0.2) is 0 Å². The molecule has 1 heterocycles. The first-order valence-corrected chi connectivity index (χ1v) is 8.61. The molecule has 1 aromatic carbocycles. The summed E-state index contributed by atoms with van der Waals surface area (Å²) in [6, 6.07) is 4.75. The molecule has 0 fully saturated rings. The maximum Gasteiger partial charge on any atom is 0.259 e. The molecule has 1 aliphatic carbocycles. The molecule has 5 nitrogen and oxygen atoms in total. The Kier molecular flexibility index (Phi) is 4.64. The lowest BCUT2D eigenvalue weighted by Gasteiger charge is -2.28. The molecule has 2 unspecified atom stereocenters. The highest BCUT2D eigenvalue weighted by Crippen LogP contribution is 2.36. The third-order valence-corrected chi connectivity index (χ3v) is 4.70. The van der Waals surface area contributed by atoms with Gasteiger partial charge in [0.2, 0.25) is 0 Å². The molecule has 2 atom stereocenters. The molecule has 0 spiro atoms. The van der Waals surface area contributed by atoms with Gasteiger partial charge in [0, 0.05) is 17.9 Å². The number of allylic oxidation sites excluding steroid dienone is 4. The SMILES string of the molecule is C=C(C)C1C(C(=O)CC)=CC(Oc2ccc3c(c2)C(=O)NC3=O)=CC1C. The quantitative estimate of drug-likeness (QED) is 0.650. The molecular formula is C21H21NO4. The van der Waals surface area contributed by atoms with Crippen LogP contribution in [0.3, 0.4) is 0 Å². The lowest BCUT2D eigenvalue weighted by atomic mass is 9.77. The van der Waals surface area contributed by atoms with Crippen molar-refractivity contribution >= 4 is 17.6 Å². The van der Waals surface area contributed by atoms with E-state index in [0.29, 0.717) is 34.6 Å². The van der Waals surface area contributed by atoms with Crippen molar-refractivity contribution in [1.82, 2.24) is 5.32 Å². The van der Waals surface area contributed by atoms with Gasteiger partial charge in [0.1, 0.15) is 11.5 Å². The molecule has 134 valence electrons. The minimum atomic E-state index is -0.429. The van der Waals surface area contributed by atoms with Gasteiger partial charge in [-0.05, 0) is 43.2 Å². The fourth-order valence-electron chi connectivity index (χ4n) is 3.51. The second-order valence-electron chi connectivity index (χ2n) is 6.72. The van der Waals surface area contributed by atoms with Crippen LogP contribution in [0, 0.1) is 11.8 Å². The van der Waals surface area contributed by atoms with Gasteiger partial charge in [-0.3, -0.25) is 19.7 Å². The first kappa shape index (κ1) is 17.9. The van der Waals surface area contributed by atoms with E-state index in [0.717, 1.165) is 5.57 Å². The van der Waals surface area contributed by atoms with Crippen molar-refractivity contribution in [3.8, 4) is 5.75 Å². The van der Waals surface area contributed by atoms with Gasteiger partial charge in [0.05, 0.1) is 11.1 Å². The Balaban J connectivity index is 1.92. The lowest BCUT2D eigenvalue weighted by molar-refractivity contribution is -0.115. The van der Waals surface area contributed by atoms with Gasteiger partial charge in [-0.1, -0.05) is 26.0 Å². The van der Waals surface area contributed by atoms with Crippen molar-refractivity contribution in [3.63, 3.8) is 0 Å². The number of carbonyl (C=O) groups is 3. The topological polar surface area (TPSA) is 72.5 Å². The number of carbonyl (C=O) groups excluding carboxylic acids is 3. The predicted molar refractivity (Wildman–Crippen MR) is 97.8 cm³/mol. The highest BCUT2D eigenvalue weighted by Gasteiger charge is 2.30. The number of Topliss-reactive ketones (excluding diaryl/α,β-unsaturated/α-hetero) is 1. The number of ketones is 1. The number of nitrogens with one attached hydrogen (secondary N) is 1. The van der Waals surface area contributed by atoms with E-state index in [1.165, 1.54) is 0 Å². The second-order valence-corrected chi connectivity index (χ2v) is 6.72. The average Bonchev–Trinajstić information content (AvgIpc) is 2.87. The summed E-state index contributed by atoms with van der Waals surface area (Å²) in [7, 11) is 0. The Morgan fingerprint density at radius 2 is 1.92 bits per heavy atom. The minimum Gasteiger partial charge on any atom is -0.458 e. The Bertz CT molecular complexity index is 891. The average molecular weight is 351 g/mol. The fourth-order valence-corrected chi connectivity index (χ4v) is 3.51. The minimum absolute atomic E-state index is 0.0294. The van der Waals surface area contributed by atoms with Crippen LogP contribution in [0.1, 0.15) is 47.9 Å². The number of rotatable bonds is 5. The van der Waals surface area contributed by atoms with Crippen LogP contribution in [-0.4, -0.2) is 17.6 Å². The van der Waals surface area contributed by atoms with E-state index in [9.17, 15) is 14.4 Å². The zero-order chi connectivity index (χ0) is 19.0. The van der Waals surface area contributed by atoms with Crippen LogP contribution in [-0.2, 0) is 4.79 Å². The van der Waals surface area contributed by atoms with E-state index in [-0.39, 0.29) is 17.6 Å². The summed E-state index contributed by atoms with van der Waals surface area (Å²) in [5, 5.41) is 2.25. The van der Waals surface area contributed by atoms with Gasteiger partial charge in [-0.15, -0.1) is 0 Å². The number of imide groups is 1. The summed E-state index contributed by atoms with van der Waals surface area (Å²) in [6.45, 7) is 9.80. The second kappa shape index (κ2) is 6.75. The van der Waals surface area contributed by atoms with E-state index in [2.05, 4.69) is 11.9 Å². The van der Waals surface area contributed by atoms with Crippen molar-refractivity contribution < 1.29 is 19.1 Å². The van der Waals surface area contributed by atoms with Gasteiger partial charge < -0.3 is 4.74 Å². The zero-order valence-electron chi connectivity index (χ0n) is 15.1. The Labute approximate surface area is 152 Å². The van der Waals surface area contributed by atoms with Crippen molar-refractivity contribution in [2.45, 2.75) is 27.2 Å². The first-order valence-electron chi connectivity index (χ1n) is 8.61. The molecule has 26 heavy (non-hydrogen) atoms. The van der Waals surface area contributed by atoms with Gasteiger partial charge >= 0.3 is 0 Å². The zero-order valence-corrected chi connectivity index (χ0v) is 15.1. The molecule has 5 heteroatoms. The number of benzene rings is 1. The lowest BCUT2D eigenvalue weighted by Crippen LogP contribution is -2.23. The van der Waals surface area contributed by atoms with Crippen molar-refractivity contribution in [2.24, 2.45) is 11.8 Å². The monoisotopic (exact) mass is 351 g/mol. The van der Waals surface area contributed by atoms with Crippen molar-refractivity contribution in [3.05, 3.63) is 65.0 Å². The van der Waals surface area contributed by atoms with E-state index < -0.39 is 11.8 Å². The van der Waals surface area contributed by atoms with Gasteiger partial charge in [0.15, 0.2) is 5.78 Å². The number of fused-ring (bicyclic) bond motifs is 1. The van der Waals surface area contributed by atoms with Crippen LogP contribution in [0.5, 0.6) is 5.75 Å². The molecule has 2 aliphatic rings. The molecule has 0 radical (unpaired) electrons. The van der Waals surface area contributed by atoms with Crippen molar-refractivity contribution in [2.75, 3.05) is 0 Å². The molecule has 0 aromatic heterocycles. The molecule has 3 rings (SSSR count). The largest absolute Gasteiger partial charge is 0.458 e. The van der Waals surface area contributed by atoms with E-state index in [4.69, 9.17) is 4.74 Å². The molecule has 0 saturated carbocycles. The molecular weight excluding hydrogens is 330 g/mol. The summed E-state index contributed by atoms with van der Waals surface area (Å²) in [5.74, 6) is 0.272. The number of hydrogen-bond acceptors (Lipinski definition) is 4. The van der Waals surface area contributed by atoms with E-state index in [1.807, 2.05) is 26.8 Å². The van der Waals surface area contributed by atoms with Gasteiger partial charge in [0.25, 0.3) is 11.8 Å². The highest BCUT2D eigenvalue weighted by atomic mass is 16.5. The standard InChI is InChI=1S/C21H21NO4/c1-5-18(23)17-10-14(8-12(4)19(17)11(2)3)26-13-6-7-15-16(9-13)21(25)22-20(15)24/h6-10,12,19H,2,5H2,1,3-4H3,(H,22,24,25). The highest BCUT2D eigenvalue weighted by molar-refractivity contribution is 6.21. The molecule has 0 bridgehead atoms. The molecule has 0 saturated heterocycles. The smallest absolute Gasteiger partial charge is 0.259 e. The van der Waals surface area contributed by atoms with Crippen LogP contribution in [0.4, 0.5) is 0 Å². The predicted octanol–water partition coefficient (Wildman–Crippen LogP) is 3.58. The number of amides is 2. The third kappa shape index (κ3) is 3.12. The third-order valence-electron chi connectivity index (χ3n) is 4.70.